The molecule has 506 valence electrons. The molecule has 2 heterocycles. The van der Waals surface area contributed by atoms with Gasteiger partial charge in [-0.05, 0) is 101 Å². The second-order valence-corrected chi connectivity index (χ2v) is 26.0. The maximum absolute atomic E-state index is 13.2. The predicted octanol–water partition coefficient (Wildman–Crippen LogP) is 4.04. The van der Waals surface area contributed by atoms with E-state index in [-0.39, 0.29) is 43.4 Å². The summed E-state index contributed by atoms with van der Waals surface area (Å²) in [6.07, 6.45) is -12.7. The number of benzene rings is 5. The second kappa shape index (κ2) is 36.2. The number of aliphatic hydroxyl groups is 6. The lowest BCUT2D eigenvalue weighted by Crippen LogP contribution is -2.68. The van der Waals surface area contributed by atoms with E-state index < -0.39 is 128 Å². The molecule has 27 heteroatoms. The number of hydrogen-bond donors (Lipinski definition) is 12. The lowest BCUT2D eigenvalue weighted by molar-refractivity contribution is -0.310. The molecule has 24 nitrogen and oxygen atoms in total. The number of thioether (sulfide) groups is 2. The molecule has 2 aliphatic heterocycles. The van der Waals surface area contributed by atoms with E-state index in [0.717, 1.165) is 29.2 Å². The summed E-state index contributed by atoms with van der Waals surface area (Å²) in [4.78, 5) is 102. The minimum atomic E-state index is -2.48. The zero-order valence-corrected chi connectivity index (χ0v) is 55.0. The molecule has 0 aliphatic carbocycles. The van der Waals surface area contributed by atoms with Crippen LogP contribution >= 0.6 is 39.5 Å². The topological polar surface area (TPSA) is 375 Å². The Morgan fingerprint density at radius 1 is 0.585 bits per heavy atom. The number of ketones is 1. The highest BCUT2D eigenvalue weighted by Crippen LogP contribution is 2.35. The van der Waals surface area contributed by atoms with Crippen molar-refractivity contribution in [2.75, 3.05) is 55.9 Å². The van der Waals surface area contributed by atoms with Crippen molar-refractivity contribution in [3.8, 4) is 22.3 Å². The van der Waals surface area contributed by atoms with Crippen molar-refractivity contribution >= 4 is 87.0 Å². The van der Waals surface area contributed by atoms with Crippen LogP contribution in [-0.4, -0.2) is 212 Å². The fourth-order valence-corrected chi connectivity index (χ4v) is 13.0. The zero-order valence-electron chi connectivity index (χ0n) is 51.8. The normalized spacial score (nSPS) is 22.3. The lowest BCUT2D eigenvalue weighted by Gasteiger charge is -2.46. The van der Waals surface area contributed by atoms with E-state index in [4.69, 9.17) is 18.9 Å². The number of carbonyl (C=O) groups excluding carboxylic acids is 7. The van der Waals surface area contributed by atoms with Gasteiger partial charge in [0.05, 0.1) is 49.7 Å². The van der Waals surface area contributed by atoms with Gasteiger partial charge >= 0.3 is 5.97 Å². The summed E-state index contributed by atoms with van der Waals surface area (Å²) in [5.41, 5.74) is 4.95. The summed E-state index contributed by atoms with van der Waals surface area (Å²) in [6, 6.07) is 34.6. The van der Waals surface area contributed by atoms with E-state index in [0.29, 0.717) is 69.7 Å². The van der Waals surface area contributed by atoms with Crippen LogP contribution in [0.3, 0.4) is 0 Å². The Labute approximate surface area is 560 Å². The van der Waals surface area contributed by atoms with Crippen LogP contribution in [-0.2, 0) is 38.1 Å². The van der Waals surface area contributed by atoms with Gasteiger partial charge in [0.15, 0.2) is 12.1 Å². The van der Waals surface area contributed by atoms with Gasteiger partial charge in [-0.25, -0.2) is 4.79 Å². The van der Waals surface area contributed by atoms with Crippen LogP contribution in [0.1, 0.15) is 93.8 Å². The minimum absolute atomic E-state index is 0.0258. The number of amides is 5. The van der Waals surface area contributed by atoms with Crippen molar-refractivity contribution in [2.45, 2.75) is 125 Å². The first-order chi connectivity index (χ1) is 45.0. The summed E-state index contributed by atoms with van der Waals surface area (Å²) in [5.74, 6) is -6.90. The van der Waals surface area contributed by atoms with Gasteiger partial charge in [0.25, 0.3) is 23.5 Å². The third-order valence-corrected chi connectivity index (χ3v) is 18.5. The molecule has 5 amide bonds. The van der Waals surface area contributed by atoms with Gasteiger partial charge in [0.1, 0.15) is 24.4 Å². The number of aldehydes is 1. The molecule has 7 rings (SSSR count). The molecule has 2 fully saturated rings. The average Bonchev–Trinajstić information content (AvgIpc) is 0.779. The zero-order chi connectivity index (χ0) is 68.0. The maximum Gasteiger partial charge on any atom is 0.364 e. The van der Waals surface area contributed by atoms with Crippen LogP contribution in [0, 0.1) is 0 Å². The first-order valence-electron chi connectivity index (χ1n) is 30.6. The van der Waals surface area contributed by atoms with E-state index in [2.05, 4.69) is 42.5 Å². The van der Waals surface area contributed by atoms with Crippen molar-refractivity contribution in [3.63, 3.8) is 0 Å². The first-order valence-corrected chi connectivity index (χ1v) is 33.7. The molecule has 12 N–H and O–H groups in total. The second-order valence-electron chi connectivity index (χ2n) is 22.7. The van der Waals surface area contributed by atoms with Crippen LogP contribution in [0.25, 0.3) is 22.3 Å². The van der Waals surface area contributed by atoms with E-state index >= 15 is 0 Å². The van der Waals surface area contributed by atoms with Crippen LogP contribution < -0.4 is 26.6 Å². The van der Waals surface area contributed by atoms with Crippen LogP contribution in [0.5, 0.6) is 0 Å². The van der Waals surface area contributed by atoms with Crippen molar-refractivity contribution in [1.29, 1.82) is 0 Å². The highest BCUT2D eigenvalue weighted by molar-refractivity contribution is 9.10. The Bertz CT molecular complexity index is 3340. The van der Waals surface area contributed by atoms with Gasteiger partial charge in [0, 0.05) is 85.2 Å². The van der Waals surface area contributed by atoms with E-state index in [9.17, 15) is 74.1 Å². The number of carboxylic acids is 1. The van der Waals surface area contributed by atoms with Gasteiger partial charge in [-0.2, -0.15) is 23.5 Å². The average molecular weight is 1400 g/mol. The summed E-state index contributed by atoms with van der Waals surface area (Å²) in [5, 5.41) is 90.3. The summed E-state index contributed by atoms with van der Waals surface area (Å²) < 4.78 is 23.9. The standard InChI is InChI=1S/C67H80BrN5O19S2/c1-40(75)72-56-52(78)35-66(39-74,91-60(56)58(82)54(80)37-70-62(84)46-21-17-44(18-22-46)42-12-5-3-6-13-42)89-28-10-32-94-33-27-69-64(86)48-25-26-49(50(68)34-48)51(77)16-9-30-93-31-11-29-90-67(65(87)88)36-53(79)57(73-41(2)76)61(92-67)59(83)55(81)38-71-63(85)47-23-19-45(20-24-47)43-14-7-4-8-15-43/h3-8,12-15,17-26,34,39,52-61,78-83H,9-11,16,27-33,35-38H2,1-2H3,(H,69,86)(H,70,84)(H,71,85)(H,72,75)(H,73,76)(H,87,88)/t52-,53-,54+,55+,56+,57+,58+,59+,60+,61+,66+,67+/m0/s1. The molecule has 5 aromatic rings. The summed E-state index contributed by atoms with van der Waals surface area (Å²) in [6.45, 7) is 1.50. The van der Waals surface area contributed by atoms with Crippen LogP contribution in [0.2, 0.25) is 0 Å². The molecule has 0 spiro atoms. The van der Waals surface area contributed by atoms with Crippen LogP contribution in [0.4, 0.5) is 0 Å². The number of rotatable bonds is 35. The van der Waals surface area contributed by atoms with Gasteiger partial charge in [-0.15, -0.1) is 0 Å². The van der Waals surface area contributed by atoms with E-state index in [1.165, 1.54) is 30.4 Å². The van der Waals surface area contributed by atoms with Gasteiger partial charge in [-0.3, -0.25) is 33.6 Å². The van der Waals surface area contributed by atoms with Crippen molar-refractivity contribution in [1.82, 2.24) is 26.6 Å². The summed E-state index contributed by atoms with van der Waals surface area (Å²) >= 11 is 6.40. The monoisotopic (exact) mass is 1400 g/mol. The quantitative estimate of drug-likeness (QED) is 0.0155. The molecule has 5 aromatic carbocycles. The third kappa shape index (κ3) is 21.0. The fraction of sp³-hybridized carbons (Fsp3) is 0.433. The third-order valence-electron chi connectivity index (χ3n) is 15.6. The largest absolute Gasteiger partial charge is 0.477 e. The molecular weight excluding hydrogens is 1320 g/mol. The predicted molar refractivity (Wildman–Crippen MR) is 354 cm³/mol. The van der Waals surface area contributed by atoms with Gasteiger partial charge in [-0.1, -0.05) is 101 Å². The number of Topliss-reactive ketones (excluding diaryl/α,β-unsaturated/α-hetero) is 1. The Balaban J connectivity index is 0.776. The molecule has 0 radical (unpaired) electrons. The Morgan fingerprint density at radius 2 is 1.03 bits per heavy atom. The molecular formula is C67H80BrN5O19S2. The minimum Gasteiger partial charge on any atom is -0.477 e. The summed E-state index contributed by atoms with van der Waals surface area (Å²) in [7, 11) is 0. The Hall–Kier alpha value is -6.96. The molecule has 0 aromatic heterocycles. The van der Waals surface area contributed by atoms with Crippen molar-refractivity contribution in [2.24, 2.45) is 0 Å². The number of ether oxygens (including phenoxy) is 4. The number of aliphatic carboxylic acids is 1. The van der Waals surface area contributed by atoms with E-state index in [1.54, 1.807) is 66.7 Å². The van der Waals surface area contributed by atoms with E-state index in [1.807, 2.05) is 60.7 Å². The number of nitrogens with one attached hydrogen (secondary N) is 5. The molecule has 0 bridgehead atoms. The smallest absolute Gasteiger partial charge is 0.364 e. The number of halogens is 1. The van der Waals surface area contributed by atoms with Gasteiger partial charge < -0.3 is 81.3 Å². The molecule has 12 atom stereocenters. The number of hydrogen-bond acceptors (Lipinski definition) is 20. The SMILES string of the molecule is CC(=O)N[C@H]1[C@H]([C@H](O)[C@H](O)CNC(=O)c2ccc(-c3ccccc3)cc2)O[C@](C=O)(OCCCSCCNC(=O)c2ccc(C(=O)CCCSCCCO[C@]3(C(=O)O)C[C@H](O)[C@@H](NC(C)=O)[C@H]([C@H](O)[C@H](O)CNC(=O)c4ccc(-c5ccccc5)cc4)O3)c(Br)c2)C[C@@H]1O. The maximum atomic E-state index is 13.2. The number of carbonyl (C=O) groups is 8. The molecule has 94 heavy (non-hydrogen) atoms. The lowest BCUT2D eigenvalue weighted by atomic mass is 9.88. The molecule has 2 aliphatic rings. The number of aliphatic hydroxyl groups excluding tert-OH is 6. The van der Waals surface area contributed by atoms with Gasteiger partial charge in [0.2, 0.25) is 17.6 Å². The number of carboxylic acid groups (broad SMARTS) is 1. The first kappa shape index (κ1) is 74.4. The molecule has 2 saturated heterocycles. The molecule has 0 saturated carbocycles. The van der Waals surface area contributed by atoms with Crippen LogP contribution in [0.15, 0.2) is 132 Å². The highest BCUT2D eigenvalue weighted by atomic mass is 79.9. The highest BCUT2D eigenvalue weighted by Gasteiger charge is 2.56. The Morgan fingerprint density at radius 3 is 1.52 bits per heavy atom. The fourth-order valence-electron chi connectivity index (χ4n) is 10.7. The Kier molecular flexibility index (Phi) is 28.7. The molecule has 0 unspecified atom stereocenters. The van der Waals surface area contributed by atoms with Crippen molar-refractivity contribution < 1.29 is 93.0 Å². The van der Waals surface area contributed by atoms with Crippen molar-refractivity contribution in [3.05, 3.63) is 154 Å².